The normalized spacial score (nSPS) is 28.4. The first kappa shape index (κ1) is 21.2. The molecule has 0 radical (unpaired) electrons. The fraction of sp³-hybridized carbons (Fsp3) is 0.474. The molecule has 0 spiro atoms. The number of alkyl halides is 2. The van der Waals surface area contributed by atoms with E-state index in [9.17, 15) is 28.2 Å². The molecule has 0 saturated heterocycles. The number of likely N-dealkylation sites (N-methyl/N-ethyl adjacent to an activating group) is 1. The molecule has 9 nitrogen and oxygen atoms in total. The molecule has 2 unspecified atom stereocenters. The van der Waals surface area contributed by atoms with E-state index in [1.165, 1.54) is 13.4 Å². The smallest absolute Gasteiger partial charge is 0.272 e. The van der Waals surface area contributed by atoms with Gasteiger partial charge in [-0.1, -0.05) is 0 Å². The third kappa shape index (κ3) is 4.00. The van der Waals surface area contributed by atoms with Crippen molar-refractivity contribution in [2.24, 2.45) is 0 Å². The second kappa shape index (κ2) is 8.27. The van der Waals surface area contributed by atoms with Crippen LogP contribution in [-0.2, 0) is 0 Å². The molecule has 0 bridgehead atoms. The first-order chi connectivity index (χ1) is 14.8. The van der Waals surface area contributed by atoms with Crippen LogP contribution in [0, 0.1) is 0 Å². The molecule has 5 atom stereocenters. The van der Waals surface area contributed by atoms with E-state index in [1.807, 2.05) is 0 Å². The average molecular weight is 438 g/mol. The van der Waals surface area contributed by atoms with Crippen LogP contribution in [0.5, 0.6) is 0 Å². The van der Waals surface area contributed by atoms with Gasteiger partial charge in [0.25, 0.3) is 5.91 Å². The molecule has 0 aliphatic heterocycles. The van der Waals surface area contributed by atoms with Crippen LogP contribution in [0.25, 0.3) is 11.0 Å². The van der Waals surface area contributed by atoms with Crippen LogP contribution in [0.2, 0.25) is 0 Å². The van der Waals surface area contributed by atoms with Gasteiger partial charge >= 0.3 is 0 Å². The molecule has 2 aromatic heterocycles. The van der Waals surface area contributed by atoms with E-state index < -0.39 is 42.3 Å². The van der Waals surface area contributed by atoms with Gasteiger partial charge in [0, 0.05) is 13.6 Å². The molecule has 4 rings (SSSR count). The molecule has 4 N–H and O–H groups in total. The number of halogens is 3. The van der Waals surface area contributed by atoms with Crippen molar-refractivity contribution in [1.82, 2.24) is 25.1 Å². The van der Waals surface area contributed by atoms with Gasteiger partial charge in [0.1, 0.15) is 23.7 Å². The number of fused-ring (bicyclic) bond motifs is 1. The topological polar surface area (TPSA) is 127 Å². The largest absolute Gasteiger partial charge is 0.390 e. The second-order valence-corrected chi connectivity index (χ2v) is 7.68. The van der Waals surface area contributed by atoms with E-state index in [4.69, 9.17) is 0 Å². The van der Waals surface area contributed by atoms with Crippen molar-refractivity contribution in [3.05, 3.63) is 35.6 Å². The molecule has 1 fully saturated rings. The van der Waals surface area contributed by atoms with Crippen molar-refractivity contribution in [1.29, 1.82) is 0 Å². The summed E-state index contributed by atoms with van der Waals surface area (Å²) in [7, 11) is 1.36. The number of carbonyl (C=O) groups excluding carboxylic acids is 1. The van der Waals surface area contributed by atoms with Gasteiger partial charge in [0.2, 0.25) is 0 Å². The molecule has 2 aliphatic carbocycles. The summed E-state index contributed by atoms with van der Waals surface area (Å²) in [6, 6.07) is -0.486. The third-order valence-electron chi connectivity index (χ3n) is 5.51. The van der Waals surface area contributed by atoms with Gasteiger partial charge in [0.15, 0.2) is 18.0 Å². The minimum Gasteiger partial charge on any atom is -0.390 e. The highest BCUT2D eigenvalue weighted by Gasteiger charge is 2.35. The summed E-state index contributed by atoms with van der Waals surface area (Å²) in [5.41, 5.74) is -0.0292. The van der Waals surface area contributed by atoms with Crippen LogP contribution in [0.1, 0.15) is 23.3 Å². The van der Waals surface area contributed by atoms with Crippen LogP contribution >= 0.6 is 0 Å². The number of hydrogen-bond donors (Lipinski definition) is 4. The van der Waals surface area contributed by atoms with Gasteiger partial charge < -0.3 is 20.4 Å². The van der Waals surface area contributed by atoms with E-state index in [0.717, 1.165) is 11.0 Å². The standard InChI is InChI=1S/C19H21F3N6O3/c1-28(6-8-4-9(20)5-10(21)14(8)22)19(31)15-13-17(23-7-24-18(13)27-26-15)25-11-2-3-12(29)16(11)30/h4-5,7,10-12,14,16,29-30H,2-3,6H2,1H3,(H2,23,24,25,26,27)/t10?,11-,12-,14?,16+/m1/s1. The lowest BCUT2D eigenvalue weighted by Crippen LogP contribution is -2.35. The maximum atomic E-state index is 14.1. The number of allylic oxidation sites excluding steroid dienone is 3. The number of H-pyrrole nitrogens is 1. The van der Waals surface area contributed by atoms with Gasteiger partial charge in [-0.05, 0) is 30.6 Å². The molecule has 31 heavy (non-hydrogen) atoms. The molecule has 166 valence electrons. The Labute approximate surface area is 174 Å². The van der Waals surface area contributed by atoms with Crippen molar-refractivity contribution >= 4 is 22.8 Å². The highest BCUT2D eigenvalue weighted by molar-refractivity contribution is 6.07. The van der Waals surface area contributed by atoms with E-state index in [-0.39, 0.29) is 34.7 Å². The number of rotatable bonds is 5. The summed E-state index contributed by atoms with van der Waals surface area (Å²) in [4.78, 5) is 22.2. The van der Waals surface area contributed by atoms with Crippen molar-refractivity contribution < 1.29 is 28.2 Å². The Bertz CT molecular complexity index is 1060. The monoisotopic (exact) mass is 438 g/mol. The lowest BCUT2D eigenvalue weighted by molar-refractivity contribution is 0.0392. The summed E-state index contributed by atoms with van der Waals surface area (Å²) in [5.74, 6) is -1.29. The van der Waals surface area contributed by atoms with Gasteiger partial charge in [0.05, 0.1) is 23.6 Å². The number of hydrogen-bond acceptors (Lipinski definition) is 7. The quantitative estimate of drug-likeness (QED) is 0.552. The summed E-state index contributed by atoms with van der Waals surface area (Å²) in [6.45, 7) is -0.341. The highest BCUT2D eigenvalue weighted by Crippen LogP contribution is 2.29. The Balaban J connectivity index is 1.59. The number of amides is 1. The Morgan fingerprint density at radius 2 is 2.10 bits per heavy atom. The molecule has 1 saturated carbocycles. The van der Waals surface area contributed by atoms with Crippen molar-refractivity contribution in [2.45, 2.75) is 43.4 Å². The first-order valence-corrected chi connectivity index (χ1v) is 9.69. The highest BCUT2D eigenvalue weighted by atomic mass is 19.2. The minimum atomic E-state index is -2.12. The Hall–Kier alpha value is -2.99. The van der Waals surface area contributed by atoms with Crippen LogP contribution in [0.3, 0.4) is 0 Å². The van der Waals surface area contributed by atoms with Crippen molar-refractivity contribution in [2.75, 3.05) is 18.9 Å². The zero-order valence-electron chi connectivity index (χ0n) is 16.5. The minimum absolute atomic E-state index is 0.00624. The first-order valence-electron chi connectivity index (χ1n) is 9.69. The van der Waals surface area contributed by atoms with E-state index in [0.29, 0.717) is 18.9 Å². The predicted octanol–water partition coefficient (Wildman–Crippen LogP) is 1.19. The fourth-order valence-corrected chi connectivity index (χ4v) is 3.83. The molecule has 2 aromatic rings. The molecule has 2 aliphatic rings. The molecule has 1 amide bonds. The van der Waals surface area contributed by atoms with E-state index >= 15 is 0 Å². The van der Waals surface area contributed by atoms with Crippen LogP contribution in [0.4, 0.5) is 19.0 Å². The fourth-order valence-electron chi connectivity index (χ4n) is 3.83. The molecule has 0 aromatic carbocycles. The van der Waals surface area contributed by atoms with Gasteiger partial charge in [-0.2, -0.15) is 5.10 Å². The van der Waals surface area contributed by atoms with Gasteiger partial charge in [-0.15, -0.1) is 0 Å². The molecule has 2 heterocycles. The van der Waals surface area contributed by atoms with Crippen LogP contribution in [-0.4, -0.2) is 85.4 Å². The lowest BCUT2D eigenvalue weighted by Gasteiger charge is -2.24. The SMILES string of the molecule is CN(CC1=CC(F)=CC(F)C1F)C(=O)c1[nH]nc2ncnc(N[C@@H]3CC[C@@H](O)[C@H]3O)c12. The predicted molar refractivity (Wildman–Crippen MR) is 104 cm³/mol. The van der Waals surface area contributed by atoms with Crippen LogP contribution in [0.15, 0.2) is 29.9 Å². The molecular formula is C19H21F3N6O3. The molecular weight excluding hydrogens is 417 g/mol. The maximum absolute atomic E-state index is 14.1. The number of nitrogens with one attached hydrogen (secondary N) is 2. The van der Waals surface area contributed by atoms with Crippen molar-refractivity contribution in [3.8, 4) is 0 Å². The van der Waals surface area contributed by atoms with Crippen molar-refractivity contribution in [3.63, 3.8) is 0 Å². The number of aliphatic hydroxyl groups excluding tert-OH is 2. The number of aromatic amines is 1. The number of anilines is 1. The Morgan fingerprint density at radius 3 is 2.81 bits per heavy atom. The van der Waals surface area contributed by atoms with Gasteiger partial charge in [-0.25, -0.2) is 23.1 Å². The van der Waals surface area contributed by atoms with E-state index in [1.54, 1.807) is 0 Å². The zero-order chi connectivity index (χ0) is 22.3. The number of aliphatic hydroxyl groups is 2. The Kier molecular flexibility index (Phi) is 5.67. The summed E-state index contributed by atoms with van der Waals surface area (Å²) < 4.78 is 41.2. The average Bonchev–Trinajstić information content (AvgIpc) is 3.30. The second-order valence-electron chi connectivity index (χ2n) is 7.68. The zero-order valence-corrected chi connectivity index (χ0v) is 16.5. The number of nitrogens with zero attached hydrogens (tertiary/aromatic N) is 4. The maximum Gasteiger partial charge on any atom is 0.272 e. The number of aromatic nitrogens is 4. The Morgan fingerprint density at radius 1 is 1.32 bits per heavy atom. The summed E-state index contributed by atoms with van der Waals surface area (Å²) >= 11 is 0. The summed E-state index contributed by atoms with van der Waals surface area (Å²) in [6.07, 6.45) is -2.48. The van der Waals surface area contributed by atoms with E-state index in [2.05, 4.69) is 25.5 Å². The number of carbonyl (C=O) groups is 1. The lowest BCUT2D eigenvalue weighted by atomic mass is 10.00. The third-order valence-corrected chi connectivity index (χ3v) is 5.51. The van der Waals surface area contributed by atoms with Gasteiger partial charge in [-0.3, -0.25) is 9.89 Å². The molecule has 12 heteroatoms. The summed E-state index contributed by atoms with van der Waals surface area (Å²) in [5, 5.41) is 29.7. The van der Waals surface area contributed by atoms with Crippen LogP contribution < -0.4 is 5.32 Å².